The lowest BCUT2D eigenvalue weighted by molar-refractivity contribution is -0.136. The fourth-order valence-corrected chi connectivity index (χ4v) is 2.45. The third-order valence-corrected chi connectivity index (χ3v) is 3.49. The number of nitrogens with zero attached hydrogens (tertiary/aromatic N) is 2. The van der Waals surface area contributed by atoms with Crippen LogP contribution in [0.3, 0.4) is 0 Å². The van der Waals surface area contributed by atoms with E-state index in [9.17, 15) is 13.2 Å². The molecule has 1 unspecified atom stereocenters. The highest BCUT2D eigenvalue weighted by Crippen LogP contribution is 2.26. The molecule has 1 aromatic rings. The Morgan fingerprint density at radius 2 is 1.85 bits per heavy atom. The molecule has 0 amide bonds. The third-order valence-electron chi connectivity index (χ3n) is 3.49. The van der Waals surface area contributed by atoms with E-state index in [0.717, 1.165) is 36.2 Å². The second-order valence-corrected chi connectivity index (χ2v) is 4.97. The highest BCUT2D eigenvalue weighted by atomic mass is 19.4. The molecular formula is C14H24F3N3. The molecule has 1 aromatic heterocycles. The second kappa shape index (κ2) is 7.11. The number of hydrogen-bond donors (Lipinski definition) is 1. The molecule has 1 heterocycles. The Morgan fingerprint density at radius 3 is 2.30 bits per heavy atom. The van der Waals surface area contributed by atoms with E-state index in [-0.39, 0.29) is 12.5 Å². The average molecular weight is 291 g/mol. The molecule has 1 atom stereocenters. The molecule has 1 rings (SSSR count). The van der Waals surface area contributed by atoms with Gasteiger partial charge in [0.25, 0.3) is 0 Å². The van der Waals surface area contributed by atoms with Gasteiger partial charge in [0.05, 0.1) is 5.69 Å². The molecule has 0 spiro atoms. The minimum absolute atomic E-state index is 0.0577. The van der Waals surface area contributed by atoms with Crippen LogP contribution < -0.4 is 5.73 Å². The van der Waals surface area contributed by atoms with E-state index < -0.39 is 12.6 Å². The molecule has 3 nitrogen and oxygen atoms in total. The Kier molecular flexibility index (Phi) is 6.05. The number of alkyl halides is 3. The maximum Gasteiger partial charge on any atom is 0.389 e. The number of aromatic nitrogens is 2. The van der Waals surface area contributed by atoms with Crippen molar-refractivity contribution in [1.82, 2.24) is 9.78 Å². The number of aryl methyl sites for hydroxylation is 2. The SMILES string of the molecule is CCc1nn(CCCC(F)(F)F)c(CC)c1C(N)CC. The largest absolute Gasteiger partial charge is 0.389 e. The maximum atomic E-state index is 12.2. The zero-order chi connectivity index (χ0) is 15.3. The van der Waals surface area contributed by atoms with Crippen molar-refractivity contribution in [3.63, 3.8) is 0 Å². The van der Waals surface area contributed by atoms with Crippen LogP contribution in [0.25, 0.3) is 0 Å². The van der Waals surface area contributed by atoms with E-state index >= 15 is 0 Å². The van der Waals surface area contributed by atoms with Gasteiger partial charge >= 0.3 is 6.18 Å². The zero-order valence-electron chi connectivity index (χ0n) is 12.4. The molecular weight excluding hydrogens is 267 g/mol. The first-order chi connectivity index (χ1) is 9.34. The summed E-state index contributed by atoms with van der Waals surface area (Å²) in [5.41, 5.74) is 9.06. The Hall–Kier alpha value is -1.04. The quantitative estimate of drug-likeness (QED) is 0.831. The van der Waals surface area contributed by atoms with Gasteiger partial charge in [-0.15, -0.1) is 0 Å². The van der Waals surface area contributed by atoms with Crippen LogP contribution in [0, 0.1) is 0 Å². The molecule has 0 aliphatic rings. The van der Waals surface area contributed by atoms with Gasteiger partial charge in [0.15, 0.2) is 0 Å². The molecule has 0 aliphatic carbocycles. The van der Waals surface area contributed by atoms with E-state index in [4.69, 9.17) is 5.73 Å². The number of hydrogen-bond acceptors (Lipinski definition) is 2. The molecule has 0 aliphatic heterocycles. The van der Waals surface area contributed by atoms with Crippen molar-refractivity contribution in [1.29, 1.82) is 0 Å². The number of nitrogens with two attached hydrogens (primary N) is 1. The van der Waals surface area contributed by atoms with Crippen LogP contribution in [0.15, 0.2) is 0 Å². The van der Waals surface area contributed by atoms with Crippen LogP contribution in [0.5, 0.6) is 0 Å². The summed E-state index contributed by atoms with van der Waals surface area (Å²) in [6.07, 6.45) is -2.52. The van der Waals surface area contributed by atoms with Gasteiger partial charge in [-0.2, -0.15) is 18.3 Å². The average Bonchev–Trinajstić information content (AvgIpc) is 2.74. The first kappa shape index (κ1) is 17.0. The first-order valence-corrected chi connectivity index (χ1v) is 7.24. The van der Waals surface area contributed by atoms with Crippen molar-refractivity contribution in [2.45, 2.75) is 71.6 Å². The van der Waals surface area contributed by atoms with Gasteiger partial charge in [-0.3, -0.25) is 4.68 Å². The lowest BCUT2D eigenvalue weighted by Crippen LogP contribution is -2.14. The molecule has 0 saturated carbocycles. The summed E-state index contributed by atoms with van der Waals surface area (Å²) < 4.78 is 38.4. The van der Waals surface area contributed by atoms with Crippen LogP contribution in [-0.4, -0.2) is 16.0 Å². The van der Waals surface area contributed by atoms with Gasteiger partial charge in [0.1, 0.15) is 0 Å². The summed E-state index contributed by atoms with van der Waals surface area (Å²) in [6, 6.07) is -0.0868. The molecule has 20 heavy (non-hydrogen) atoms. The van der Waals surface area contributed by atoms with E-state index in [1.165, 1.54) is 0 Å². The van der Waals surface area contributed by atoms with Crippen LogP contribution in [0.2, 0.25) is 0 Å². The normalized spacial score (nSPS) is 13.8. The first-order valence-electron chi connectivity index (χ1n) is 7.24. The van der Waals surface area contributed by atoms with Gasteiger partial charge in [-0.05, 0) is 25.7 Å². The highest BCUT2D eigenvalue weighted by molar-refractivity contribution is 5.30. The third kappa shape index (κ3) is 4.23. The van der Waals surface area contributed by atoms with Crippen LogP contribution in [-0.2, 0) is 19.4 Å². The van der Waals surface area contributed by atoms with Gasteiger partial charge in [-0.1, -0.05) is 20.8 Å². The Labute approximate surface area is 118 Å². The minimum Gasteiger partial charge on any atom is -0.324 e. The predicted molar refractivity (Wildman–Crippen MR) is 73.5 cm³/mol. The van der Waals surface area contributed by atoms with E-state index in [1.54, 1.807) is 4.68 Å². The topological polar surface area (TPSA) is 43.8 Å². The monoisotopic (exact) mass is 291 g/mol. The number of rotatable bonds is 7. The Balaban J connectivity index is 2.93. The fraction of sp³-hybridized carbons (Fsp3) is 0.786. The lowest BCUT2D eigenvalue weighted by atomic mass is 10.00. The molecule has 0 saturated heterocycles. The van der Waals surface area contributed by atoms with Crippen molar-refractivity contribution in [3.8, 4) is 0 Å². The summed E-state index contributed by atoms with van der Waals surface area (Å²) in [7, 11) is 0. The van der Waals surface area contributed by atoms with Gasteiger partial charge in [-0.25, -0.2) is 0 Å². The highest BCUT2D eigenvalue weighted by Gasteiger charge is 2.27. The summed E-state index contributed by atoms with van der Waals surface area (Å²) in [5.74, 6) is 0. The van der Waals surface area contributed by atoms with Gasteiger partial charge in [0, 0.05) is 30.3 Å². The second-order valence-electron chi connectivity index (χ2n) is 4.97. The summed E-state index contributed by atoms with van der Waals surface area (Å²) >= 11 is 0. The molecule has 0 fully saturated rings. The smallest absolute Gasteiger partial charge is 0.324 e. The van der Waals surface area contributed by atoms with Crippen LogP contribution in [0.4, 0.5) is 13.2 Å². The van der Waals surface area contributed by atoms with Crippen molar-refractivity contribution in [2.24, 2.45) is 5.73 Å². The van der Waals surface area contributed by atoms with Gasteiger partial charge in [0.2, 0.25) is 0 Å². The maximum absolute atomic E-state index is 12.2. The molecule has 0 radical (unpaired) electrons. The minimum atomic E-state index is -4.10. The molecule has 116 valence electrons. The molecule has 2 N–H and O–H groups in total. The van der Waals surface area contributed by atoms with Crippen molar-refractivity contribution in [2.75, 3.05) is 0 Å². The summed E-state index contributed by atoms with van der Waals surface area (Å²) in [5, 5.41) is 4.46. The Morgan fingerprint density at radius 1 is 1.20 bits per heavy atom. The van der Waals surface area contributed by atoms with Gasteiger partial charge < -0.3 is 5.73 Å². The number of halogens is 3. The molecule has 0 aromatic carbocycles. The van der Waals surface area contributed by atoms with E-state index in [1.807, 2.05) is 20.8 Å². The summed E-state index contributed by atoms with van der Waals surface area (Å²) in [4.78, 5) is 0. The van der Waals surface area contributed by atoms with Crippen LogP contribution in [0.1, 0.15) is 63.0 Å². The predicted octanol–water partition coefficient (Wildman–Crippen LogP) is 3.76. The lowest BCUT2D eigenvalue weighted by Gasteiger charge is -2.13. The van der Waals surface area contributed by atoms with Crippen LogP contribution >= 0.6 is 0 Å². The zero-order valence-corrected chi connectivity index (χ0v) is 12.4. The molecule has 6 heteroatoms. The van der Waals surface area contributed by atoms with E-state index in [0.29, 0.717) is 6.54 Å². The van der Waals surface area contributed by atoms with E-state index in [2.05, 4.69) is 5.10 Å². The fourth-order valence-electron chi connectivity index (χ4n) is 2.45. The summed E-state index contributed by atoms with van der Waals surface area (Å²) in [6.45, 7) is 6.28. The van der Waals surface area contributed by atoms with Crippen molar-refractivity contribution in [3.05, 3.63) is 17.0 Å². The Bertz CT molecular complexity index is 424. The standard InChI is InChI=1S/C14H24F3N3/c1-4-10(18)13-11(5-2)19-20(12(13)6-3)9-7-8-14(15,16)17/h10H,4-9,18H2,1-3H3. The molecule has 0 bridgehead atoms. The van der Waals surface area contributed by atoms with Crippen molar-refractivity contribution < 1.29 is 13.2 Å². The van der Waals surface area contributed by atoms with Crippen molar-refractivity contribution >= 4 is 0 Å².